The number of aryl methyl sites for hydroxylation is 2. The Morgan fingerprint density at radius 3 is 2.12 bits per heavy atom. The molecule has 1 aromatic rings. The zero-order valence-corrected chi connectivity index (χ0v) is 10.4. The van der Waals surface area contributed by atoms with E-state index in [1.165, 1.54) is 19.3 Å². The standard InChI is InChI=1S/C13H18N2O2/c1-8-11(13(16)17)9(2)15-12(14-8)10-6-4-3-5-7-10/h10H,3-7H2,1-2H3,(H,16,17). The summed E-state index contributed by atoms with van der Waals surface area (Å²) in [6, 6.07) is 0. The van der Waals surface area contributed by atoms with Gasteiger partial charge in [0.15, 0.2) is 0 Å². The van der Waals surface area contributed by atoms with E-state index < -0.39 is 5.97 Å². The van der Waals surface area contributed by atoms with Gasteiger partial charge in [-0.3, -0.25) is 0 Å². The monoisotopic (exact) mass is 234 g/mol. The van der Waals surface area contributed by atoms with Gasteiger partial charge in [0.2, 0.25) is 0 Å². The maximum Gasteiger partial charge on any atom is 0.339 e. The van der Waals surface area contributed by atoms with Crippen molar-refractivity contribution < 1.29 is 9.90 Å². The Labute approximate surface area is 101 Å². The molecular weight excluding hydrogens is 216 g/mol. The molecule has 1 saturated carbocycles. The summed E-state index contributed by atoms with van der Waals surface area (Å²) in [6.07, 6.45) is 6.01. The number of hydrogen-bond acceptors (Lipinski definition) is 3. The molecule has 0 aromatic carbocycles. The van der Waals surface area contributed by atoms with Gasteiger partial charge in [0, 0.05) is 5.92 Å². The van der Waals surface area contributed by atoms with E-state index in [1.807, 2.05) is 0 Å². The predicted octanol–water partition coefficient (Wildman–Crippen LogP) is 2.84. The van der Waals surface area contributed by atoms with Crippen LogP contribution in [0.15, 0.2) is 0 Å². The maximum absolute atomic E-state index is 11.1. The molecule has 1 aromatic heterocycles. The van der Waals surface area contributed by atoms with Gasteiger partial charge in [0.1, 0.15) is 11.4 Å². The Hall–Kier alpha value is -1.45. The molecule has 0 unspecified atom stereocenters. The molecular formula is C13H18N2O2. The SMILES string of the molecule is Cc1nc(C2CCCCC2)nc(C)c1C(=O)O. The zero-order valence-electron chi connectivity index (χ0n) is 10.4. The lowest BCUT2D eigenvalue weighted by Crippen LogP contribution is -2.14. The third-order valence-electron chi connectivity index (χ3n) is 3.47. The van der Waals surface area contributed by atoms with Crippen molar-refractivity contribution in [3.05, 3.63) is 22.8 Å². The normalized spacial score (nSPS) is 17.1. The highest BCUT2D eigenvalue weighted by Gasteiger charge is 2.21. The average molecular weight is 234 g/mol. The second-order valence-corrected chi connectivity index (χ2v) is 4.77. The van der Waals surface area contributed by atoms with E-state index in [9.17, 15) is 4.79 Å². The molecule has 0 spiro atoms. The highest BCUT2D eigenvalue weighted by molar-refractivity contribution is 5.89. The number of rotatable bonds is 2. The molecule has 17 heavy (non-hydrogen) atoms. The summed E-state index contributed by atoms with van der Waals surface area (Å²) in [5.41, 5.74) is 1.43. The fourth-order valence-corrected chi connectivity index (χ4v) is 2.60. The number of carboxylic acids is 1. The van der Waals surface area contributed by atoms with Gasteiger partial charge in [-0.25, -0.2) is 14.8 Å². The number of aromatic nitrogens is 2. The molecule has 0 atom stereocenters. The van der Waals surface area contributed by atoms with Crippen LogP contribution in [0.1, 0.15) is 65.6 Å². The molecule has 4 nitrogen and oxygen atoms in total. The molecule has 92 valence electrons. The molecule has 2 rings (SSSR count). The third-order valence-corrected chi connectivity index (χ3v) is 3.47. The fraction of sp³-hybridized carbons (Fsp3) is 0.615. The van der Waals surface area contributed by atoms with Crippen LogP contribution in [0.2, 0.25) is 0 Å². The van der Waals surface area contributed by atoms with Crippen LogP contribution in [0.25, 0.3) is 0 Å². The third kappa shape index (κ3) is 2.46. The topological polar surface area (TPSA) is 63.1 Å². The van der Waals surface area contributed by atoms with Gasteiger partial charge in [-0.05, 0) is 26.7 Å². The second kappa shape index (κ2) is 4.82. The van der Waals surface area contributed by atoms with E-state index >= 15 is 0 Å². The van der Waals surface area contributed by atoms with E-state index in [1.54, 1.807) is 13.8 Å². The Bertz CT molecular complexity index is 414. The van der Waals surface area contributed by atoms with E-state index in [2.05, 4.69) is 9.97 Å². The van der Waals surface area contributed by atoms with Crippen molar-refractivity contribution in [1.29, 1.82) is 0 Å². The lowest BCUT2D eigenvalue weighted by atomic mass is 9.88. The van der Waals surface area contributed by atoms with E-state index in [0.717, 1.165) is 18.7 Å². The number of aromatic carboxylic acids is 1. The molecule has 1 heterocycles. The summed E-state index contributed by atoms with van der Waals surface area (Å²) in [5, 5.41) is 9.07. The van der Waals surface area contributed by atoms with Crippen LogP contribution in [0, 0.1) is 13.8 Å². The first-order valence-electron chi connectivity index (χ1n) is 6.18. The number of carboxylic acid groups (broad SMARTS) is 1. The molecule has 4 heteroatoms. The molecule has 0 amide bonds. The predicted molar refractivity (Wildman–Crippen MR) is 64.3 cm³/mol. The van der Waals surface area contributed by atoms with Crippen molar-refractivity contribution in [2.45, 2.75) is 51.9 Å². The van der Waals surface area contributed by atoms with Crippen molar-refractivity contribution in [2.24, 2.45) is 0 Å². The first-order valence-corrected chi connectivity index (χ1v) is 6.18. The number of carbonyl (C=O) groups is 1. The van der Waals surface area contributed by atoms with Crippen molar-refractivity contribution >= 4 is 5.97 Å². The Morgan fingerprint density at radius 1 is 1.12 bits per heavy atom. The number of hydrogen-bond donors (Lipinski definition) is 1. The summed E-state index contributed by atoms with van der Waals surface area (Å²) >= 11 is 0. The van der Waals surface area contributed by atoms with Crippen LogP contribution < -0.4 is 0 Å². The first-order chi connectivity index (χ1) is 8.09. The van der Waals surface area contributed by atoms with Crippen molar-refractivity contribution in [3.63, 3.8) is 0 Å². The minimum Gasteiger partial charge on any atom is -0.478 e. The average Bonchev–Trinajstić information content (AvgIpc) is 2.28. The van der Waals surface area contributed by atoms with Gasteiger partial charge in [0.05, 0.1) is 11.4 Å². The van der Waals surface area contributed by atoms with Crippen molar-refractivity contribution in [3.8, 4) is 0 Å². The highest BCUT2D eigenvalue weighted by Crippen LogP contribution is 2.31. The van der Waals surface area contributed by atoms with Gasteiger partial charge in [-0.2, -0.15) is 0 Å². The van der Waals surface area contributed by atoms with Crippen LogP contribution in [-0.2, 0) is 0 Å². The van der Waals surface area contributed by atoms with E-state index in [-0.39, 0.29) is 5.56 Å². The second-order valence-electron chi connectivity index (χ2n) is 4.77. The molecule has 1 aliphatic carbocycles. The number of nitrogens with zero attached hydrogens (tertiary/aromatic N) is 2. The molecule has 1 N–H and O–H groups in total. The van der Waals surface area contributed by atoms with Crippen LogP contribution in [0.3, 0.4) is 0 Å². The maximum atomic E-state index is 11.1. The summed E-state index contributed by atoms with van der Waals surface area (Å²) in [7, 11) is 0. The van der Waals surface area contributed by atoms with Gasteiger partial charge in [-0.1, -0.05) is 19.3 Å². The van der Waals surface area contributed by atoms with Gasteiger partial charge in [-0.15, -0.1) is 0 Å². The zero-order chi connectivity index (χ0) is 12.4. The van der Waals surface area contributed by atoms with Crippen LogP contribution >= 0.6 is 0 Å². The van der Waals surface area contributed by atoms with E-state index in [4.69, 9.17) is 5.11 Å². The van der Waals surface area contributed by atoms with E-state index in [0.29, 0.717) is 17.3 Å². The summed E-state index contributed by atoms with van der Waals surface area (Å²) in [6.45, 7) is 3.51. The molecule has 1 fully saturated rings. The summed E-state index contributed by atoms with van der Waals surface area (Å²) in [4.78, 5) is 19.8. The lowest BCUT2D eigenvalue weighted by molar-refractivity contribution is 0.0694. The Balaban J connectivity index is 2.34. The van der Waals surface area contributed by atoms with Gasteiger partial charge < -0.3 is 5.11 Å². The van der Waals surface area contributed by atoms with Crippen molar-refractivity contribution in [1.82, 2.24) is 9.97 Å². The summed E-state index contributed by atoms with van der Waals surface area (Å²) < 4.78 is 0. The largest absolute Gasteiger partial charge is 0.478 e. The molecule has 0 aliphatic heterocycles. The van der Waals surface area contributed by atoms with Crippen LogP contribution in [0.5, 0.6) is 0 Å². The fourth-order valence-electron chi connectivity index (χ4n) is 2.60. The molecule has 0 bridgehead atoms. The molecule has 0 radical (unpaired) electrons. The van der Waals surface area contributed by atoms with Crippen molar-refractivity contribution in [2.75, 3.05) is 0 Å². The Morgan fingerprint density at radius 2 is 1.65 bits per heavy atom. The van der Waals surface area contributed by atoms with Gasteiger partial charge in [0.25, 0.3) is 0 Å². The first kappa shape index (κ1) is 12.0. The summed E-state index contributed by atoms with van der Waals surface area (Å²) in [5.74, 6) is 0.323. The van der Waals surface area contributed by atoms with Gasteiger partial charge >= 0.3 is 5.97 Å². The lowest BCUT2D eigenvalue weighted by Gasteiger charge is -2.21. The minimum atomic E-state index is -0.935. The van der Waals surface area contributed by atoms with Crippen LogP contribution in [0.4, 0.5) is 0 Å². The minimum absolute atomic E-state index is 0.254. The quantitative estimate of drug-likeness (QED) is 0.854. The van der Waals surface area contributed by atoms with Crippen LogP contribution in [-0.4, -0.2) is 21.0 Å². The highest BCUT2D eigenvalue weighted by atomic mass is 16.4. The molecule has 1 aliphatic rings. The smallest absolute Gasteiger partial charge is 0.339 e. The Kier molecular flexibility index (Phi) is 3.41. The molecule has 0 saturated heterocycles.